The van der Waals surface area contributed by atoms with Crippen LogP contribution in [0.15, 0.2) is 36.4 Å². The molecule has 2 aromatic rings. The number of halogens is 3. The third-order valence-electron chi connectivity index (χ3n) is 6.76. The van der Waals surface area contributed by atoms with Crippen molar-refractivity contribution in [2.75, 3.05) is 36.4 Å². The predicted octanol–water partition coefficient (Wildman–Crippen LogP) is 5.38. The summed E-state index contributed by atoms with van der Waals surface area (Å²) in [7, 11) is 0. The molecule has 6 nitrogen and oxygen atoms in total. The van der Waals surface area contributed by atoms with Gasteiger partial charge in [-0.25, -0.2) is 0 Å². The molecule has 2 aliphatic rings. The van der Waals surface area contributed by atoms with E-state index >= 15 is 0 Å². The molecule has 2 aromatic carbocycles. The van der Waals surface area contributed by atoms with Crippen LogP contribution in [0.2, 0.25) is 15.1 Å². The van der Waals surface area contributed by atoms with Crippen molar-refractivity contribution in [2.24, 2.45) is 5.92 Å². The summed E-state index contributed by atoms with van der Waals surface area (Å²) in [4.78, 5) is 27.8. The third kappa shape index (κ3) is 5.73. The molecule has 2 amide bonds. The maximum atomic E-state index is 12.9. The molecular formula is C25H29Cl3N4O2. The summed E-state index contributed by atoms with van der Waals surface area (Å²) in [5.41, 5.74) is 2.85. The first-order valence-corrected chi connectivity index (χ1v) is 12.7. The number of nitrogens with zero attached hydrogens (tertiary/aromatic N) is 2. The van der Waals surface area contributed by atoms with Crippen LogP contribution in [0.25, 0.3) is 0 Å². The Hall–Kier alpha value is -2.15. The van der Waals surface area contributed by atoms with E-state index in [1.807, 2.05) is 36.1 Å². The minimum Gasteiger partial charge on any atom is -0.377 e. The fourth-order valence-corrected chi connectivity index (χ4v) is 5.56. The van der Waals surface area contributed by atoms with E-state index < -0.39 is 0 Å². The largest absolute Gasteiger partial charge is 0.377 e. The zero-order valence-corrected chi connectivity index (χ0v) is 21.3. The molecule has 182 valence electrons. The molecule has 1 unspecified atom stereocenters. The van der Waals surface area contributed by atoms with Crippen molar-refractivity contribution in [1.29, 1.82) is 0 Å². The number of carbonyl (C=O) groups is 2. The van der Waals surface area contributed by atoms with E-state index in [4.69, 9.17) is 34.8 Å². The van der Waals surface area contributed by atoms with Crippen molar-refractivity contribution in [1.82, 2.24) is 10.2 Å². The average molecular weight is 524 g/mol. The molecule has 0 radical (unpaired) electrons. The number of piperidine rings is 1. The maximum absolute atomic E-state index is 12.9. The number of amides is 2. The summed E-state index contributed by atoms with van der Waals surface area (Å²) in [5, 5.41) is 8.10. The molecule has 2 aliphatic heterocycles. The summed E-state index contributed by atoms with van der Waals surface area (Å²) in [5.74, 6) is 0.241. The number of benzene rings is 2. The number of rotatable bonds is 7. The molecule has 4 rings (SSSR count). The van der Waals surface area contributed by atoms with E-state index in [1.54, 1.807) is 6.07 Å². The lowest BCUT2D eigenvalue weighted by Crippen LogP contribution is -2.43. The van der Waals surface area contributed by atoms with Crippen LogP contribution in [0.3, 0.4) is 0 Å². The van der Waals surface area contributed by atoms with Crippen molar-refractivity contribution >= 4 is 58.5 Å². The van der Waals surface area contributed by atoms with Gasteiger partial charge in [-0.2, -0.15) is 0 Å². The molecule has 0 aromatic heterocycles. The highest BCUT2D eigenvalue weighted by molar-refractivity contribution is 6.35. The van der Waals surface area contributed by atoms with Gasteiger partial charge in [-0.15, -0.1) is 0 Å². The molecule has 2 saturated heterocycles. The van der Waals surface area contributed by atoms with Crippen molar-refractivity contribution in [3.05, 3.63) is 57.0 Å². The Balaban J connectivity index is 1.37. The molecule has 2 atom stereocenters. The van der Waals surface area contributed by atoms with Crippen molar-refractivity contribution in [3.8, 4) is 0 Å². The first-order chi connectivity index (χ1) is 16.4. The minimum absolute atomic E-state index is 0.0307. The number of likely N-dealkylation sites (tertiary alicyclic amines) is 1. The highest BCUT2D eigenvalue weighted by Crippen LogP contribution is 2.34. The molecule has 2 N–H and O–H groups in total. The van der Waals surface area contributed by atoms with Gasteiger partial charge in [-0.3, -0.25) is 9.59 Å². The number of anilines is 2. The second kappa shape index (κ2) is 11.1. The van der Waals surface area contributed by atoms with Crippen molar-refractivity contribution < 1.29 is 9.59 Å². The molecule has 9 heteroatoms. The van der Waals surface area contributed by atoms with Crippen LogP contribution in [0, 0.1) is 5.92 Å². The number of hydrogen-bond acceptors (Lipinski definition) is 4. The minimum atomic E-state index is -0.0566. The monoisotopic (exact) mass is 522 g/mol. The zero-order valence-electron chi connectivity index (χ0n) is 19.1. The smallest absolute Gasteiger partial charge is 0.225 e. The van der Waals surface area contributed by atoms with Crippen LogP contribution < -0.4 is 15.5 Å². The molecule has 0 aliphatic carbocycles. The van der Waals surface area contributed by atoms with Crippen molar-refractivity contribution in [2.45, 2.75) is 38.3 Å². The van der Waals surface area contributed by atoms with E-state index in [2.05, 4.69) is 21.6 Å². The molecular weight excluding hydrogens is 495 g/mol. The predicted molar refractivity (Wildman–Crippen MR) is 139 cm³/mol. The Kier molecular flexibility index (Phi) is 8.12. The normalized spacial score (nSPS) is 19.7. The van der Waals surface area contributed by atoms with Gasteiger partial charge in [-0.05, 0) is 62.1 Å². The fraction of sp³-hybridized carbons (Fsp3) is 0.440. The average Bonchev–Trinajstić information content (AvgIpc) is 3.29. The Morgan fingerprint density at radius 1 is 1.03 bits per heavy atom. The summed E-state index contributed by atoms with van der Waals surface area (Å²) < 4.78 is 0. The third-order valence-corrected chi connectivity index (χ3v) is 7.66. The summed E-state index contributed by atoms with van der Waals surface area (Å²) in [6, 6.07) is 11.5. The number of hydrogen-bond donors (Lipinski definition) is 2. The number of carbonyl (C=O) groups excluding carboxylic acids is 2. The zero-order chi connectivity index (χ0) is 24.2. The van der Waals surface area contributed by atoms with Gasteiger partial charge in [0.05, 0.1) is 16.8 Å². The first-order valence-electron chi connectivity index (χ1n) is 11.6. The van der Waals surface area contributed by atoms with E-state index in [9.17, 15) is 9.59 Å². The molecule has 0 saturated carbocycles. The van der Waals surface area contributed by atoms with Crippen LogP contribution in [0.5, 0.6) is 0 Å². The second-order valence-electron chi connectivity index (χ2n) is 9.01. The van der Waals surface area contributed by atoms with Gasteiger partial charge >= 0.3 is 0 Å². The molecule has 2 fully saturated rings. The topological polar surface area (TPSA) is 64.7 Å². The lowest BCUT2D eigenvalue weighted by molar-refractivity contribution is -0.135. The van der Waals surface area contributed by atoms with E-state index in [-0.39, 0.29) is 23.9 Å². The van der Waals surface area contributed by atoms with Gasteiger partial charge in [-0.1, -0.05) is 40.9 Å². The van der Waals surface area contributed by atoms with Crippen LogP contribution in [-0.4, -0.2) is 49.4 Å². The molecule has 0 bridgehead atoms. The maximum Gasteiger partial charge on any atom is 0.225 e. The van der Waals surface area contributed by atoms with Gasteiger partial charge < -0.3 is 20.4 Å². The van der Waals surface area contributed by atoms with E-state index in [1.165, 1.54) is 0 Å². The Bertz CT molecular complexity index is 1040. The Morgan fingerprint density at radius 2 is 1.79 bits per heavy atom. The summed E-state index contributed by atoms with van der Waals surface area (Å²) in [6.07, 6.45) is 3.16. The fourth-order valence-electron chi connectivity index (χ4n) is 4.82. The van der Waals surface area contributed by atoms with Crippen LogP contribution in [0.1, 0.15) is 37.8 Å². The lowest BCUT2D eigenvalue weighted by Gasteiger charge is -2.35. The second-order valence-corrected chi connectivity index (χ2v) is 10.3. The van der Waals surface area contributed by atoms with Crippen molar-refractivity contribution in [3.63, 3.8) is 0 Å². The van der Waals surface area contributed by atoms with E-state index in [0.29, 0.717) is 28.2 Å². The Labute approximate surface area is 215 Å². The summed E-state index contributed by atoms with van der Waals surface area (Å²) >= 11 is 18.9. The molecule has 2 heterocycles. The van der Waals surface area contributed by atoms with E-state index in [0.717, 1.165) is 55.7 Å². The van der Waals surface area contributed by atoms with Gasteiger partial charge in [0.15, 0.2) is 0 Å². The van der Waals surface area contributed by atoms with Gasteiger partial charge in [0, 0.05) is 53.9 Å². The molecule has 34 heavy (non-hydrogen) atoms. The Morgan fingerprint density at radius 3 is 2.50 bits per heavy atom. The van der Waals surface area contributed by atoms with Crippen LogP contribution in [-0.2, 0) is 9.59 Å². The van der Waals surface area contributed by atoms with Gasteiger partial charge in [0.1, 0.15) is 0 Å². The highest BCUT2D eigenvalue weighted by atomic mass is 35.5. The first kappa shape index (κ1) is 25.0. The SMILES string of the molecule is C[C@@H](Nc1cc(N2CCC(C(=O)N3CCC(NC=O)C3)CC2)ccc1Cl)c1ccc(Cl)cc1Cl. The lowest BCUT2D eigenvalue weighted by atomic mass is 9.95. The quantitative estimate of drug-likeness (QED) is 0.478. The molecule has 0 spiro atoms. The van der Waals surface area contributed by atoms with Crippen LogP contribution >= 0.6 is 34.8 Å². The van der Waals surface area contributed by atoms with Crippen LogP contribution in [0.4, 0.5) is 11.4 Å². The summed E-state index contributed by atoms with van der Waals surface area (Å²) in [6.45, 7) is 4.97. The van der Waals surface area contributed by atoms with Gasteiger partial charge in [0.2, 0.25) is 12.3 Å². The number of nitrogens with one attached hydrogen (secondary N) is 2. The standard InChI is InChI=1S/C25H29Cl3N4O2/c1-16(21-4-2-18(26)12-23(21)28)30-24-13-20(3-5-22(24)27)31-9-6-17(7-10-31)25(34)32-11-8-19(14-32)29-15-33/h2-5,12-13,15-17,19,30H,6-11,14H2,1H3,(H,29,33)/t16-,19?/m1/s1. The van der Waals surface area contributed by atoms with Gasteiger partial charge in [0.25, 0.3) is 0 Å². The highest BCUT2D eigenvalue weighted by Gasteiger charge is 2.32.